The highest BCUT2D eigenvalue weighted by Gasteiger charge is 2.44. The van der Waals surface area contributed by atoms with E-state index in [1.807, 2.05) is 11.8 Å². The van der Waals surface area contributed by atoms with Crippen molar-refractivity contribution in [2.45, 2.75) is 65.0 Å². The molecule has 1 aliphatic carbocycles. The van der Waals surface area contributed by atoms with Crippen LogP contribution < -0.4 is 5.32 Å². The first kappa shape index (κ1) is 13.4. The average Bonchev–Trinajstić information content (AvgIpc) is 2.63. The zero-order chi connectivity index (χ0) is 13.3. The van der Waals surface area contributed by atoms with E-state index in [9.17, 15) is 9.59 Å². The average molecular weight is 252 g/mol. The molecule has 0 bridgehead atoms. The molecule has 0 spiro atoms. The number of piperazine rings is 1. The van der Waals surface area contributed by atoms with Gasteiger partial charge in [-0.25, -0.2) is 0 Å². The van der Waals surface area contributed by atoms with Gasteiger partial charge < -0.3 is 10.2 Å². The normalized spacial score (nSPS) is 31.6. The Kier molecular flexibility index (Phi) is 3.64. The van der Waals surface area contributed by atoms with E-state index in [2.05, 4.69) is 19.2 Å². The molecule has 1 saturated carbocycles. The summed E-state index contributed by atoms with van der Waals surface area (Å²) in [6.07, 6.45) is 4.99. The molecular weight excluding hydrogens is 228 g/mol. The van der Waals surface area contributed by atoms with Crippen molar-refractivity contribution < 1.29 is 9.59 Å². The molecule has 4 heteroatoms. The molecule has 0 aromatic rings. The van der Waals surface area contributed by atoms with Gasteiger partial charge >= 0.3 is 0 Å². The van der Waals surface area contributed by atoms with Crippen LogP contribution in [0.4, 0.5) is 0 Å². The molecule has 2 rings (SSSR count). The van der Waals surface area contributed by atoms with Gasteiger partial charge in [-0.3, -0.25) is 9.59 Å². The summed E-state index contributed by atoms with van der Waals surface area (Å²) in [6.45, 7) is 6.70. The van der Waals surface area contributed by atoms with Crippen molar-refractivity contribution in [3.05, 3.63) is 0 Å². The van der Waals surface area contributed by atoms with Crippen LogP contribution in [0.3, 0.4) is 0 Å². The van der Waals surface area contributed by atoms with Crippen LogP contribution >= 0.6 is 0 Å². The lowest BCUT2D eigenvalue weighted by Gasteiger charge is -2.41. The topological polar surface area (TPSA) is 49.4 Å². The molecule has 0 aromatic heterocycles. The summed E-state index contributed by atoms with van der Waals surface area (Å²) < 4.78 is 0. The van der Waals surface area contributed by atoms with Crippen molar-refractivity contribution in [2.75, 3.05) is 6.54 Å². The molecule has 1 heterocycles. The lowest BCUT2D eigenvalue weighted by Crippen LogP contribution is -2.62. The quantitative estimate of drug-likeness (QED) is 0.831. The Bertz CT molecular complexity index is 352. The van der Waals surface area contributed by atoms with E-state index in [-0.39, 0.29) is 35.9 Å². The monoisotopic (exact) mass is 252 g/mol. The van der Waals surface area contributed by atoms with Gasteiger partial charge in [0.1, 0.15) is 6.04 Å². The predicted octanol–water partition coefficient (Wildman–Crippen LogP) is 1.69. The van der Waals surface area contributed by atoms with Crippen LogP contribution in [0.15, 0.2) is 0 Å². The van der Waals surface area contributed by atoms with Crippen molar-refractivity contribution in [3.8, 4) is 0 Å². The third-order valence-electron chi connectivity index (χ3n) is 4.38. The van der Waals surface area contributed by atoms with Gasteiger partial charge in [-0.15, -0.1) is 0 Å². The number of hydrogen-bond donors (Lipinski definition) is 1. The van der Waals surface area contributed by atoms with Gasteiger partial charge in [-0.1, -0.05) is 33.6 Å². The molecule has 2 amide bonds. The number of nitrogens with one attached hydrogen (secondary N) is 1. The molecule has 0 radical (unpaired) electrons. The molecular formula is C14H24N2O2. The first-order chi connectivity index (χ1) is 8.45. The fourth-order valence-electron chi connectivity index (χ4n) is 3.37. The number of hydrogen-bond acceptors (Lipinski definition) is 2. The van der Waals surface area contributed by atoms with E-state index >= 15 is 0 Å². The minimum atomic E-state index is -0.298. The number of carbonyl (C=O) groups is 2. The van der Waals surface area contributed by atoms with E-state index in [1.54, 1.807) is 0 Å². The summed E-state index contributed by atoms with van der Waals surface area (Å²) in [5.74, 6) is 0.118. The molecule has 2 atom stereocenters. The van der Waals surface area contributed by atoms with Crippen molar-refractivity contribution in [1.29, 1.82) is 0 Å². The Morgan fingerprint density at radius 1 is 1.39 bits per heavy atom. The van der Waals surface area contributed by atoms with Crippen molar-refractivity contribution in [1.82, 2.24) is 10.2 Å². The third-order valence-corrected chi connectivity index (χ3v) is 4.38. The van der Waals surface area contributed by atoms with Crippen molar-refractivity contribution in [3.63, 3.8) is 0 Å². The molecule has 18 heavy (non-hydrogen) atoms. The molecule has 1 N–H and O–H groups in total. The Hall–Kier alpha value is -1.06. The fourth-order valence-corrected chi connectivity index (χ4v) is 3.37. The van der Waals surface area contributed by atoms with Crippen LogP contribution in [-0.4, -0.2) is 35.3 Å². The number of nitrogens with zero attached hydrogens (tertiary/aromatic N) is 1. The summed E-state index contributed by atoms with van der Waals surface area (Å²) in [5, 5.41) is 2.82. The maximum atomic E-state index is 12.4. The van der Waals surface area contributed by atoms with Crippen molar-refractivity contribution in [2.24, 2.45) is 5.41 Å². The Morgan fingerprint density at radius 3 is 2.67 bits per heavy atom. The van der Waals surface area contributed by atoms with Gasteiger partial charge in [0.2, 0.25) is 11.8 Å². The fraction of sp³-hybridized carbons (Fsp3) is 0.857. The molecule has 4 nitrogen and oxygen atoms in total. The largest absolute Gasteiger partial charge is 0.343 e. The highest BCUT2D eigenvalue weighted by atomic mass is 16.2. The van der Waals surface area contributed by atoms with E-state index in [1.165, 1.54) is 0 Å². The maximum Gasteiger partial charge on any atom is 0.245 e. The Balaban J connectivity index is 2.16. The first-order valence-electron chi connectivity index (χ1n) is 7.05. The summed E-state index contributed by atoms with van der Waals surface area (Å²) in [7, 11) is 0. The second kappa shape index (κ2) is 4.90. The van der Waals surface area contributed by atoms with Crippen LogP contribution in [-0.2, 0) is 9.59 Å². The van der Waals surface area contributed by atoms with Crippen LogP contribution in [0, 0.1) is 5.41 Å². The predicted molar refractivity (Wildman–Crippen MR) is 70.0 cm³/mol. The van der Waals surface area contributed by atoms with Crippen LogP contribution in [0.1, 0.15) is 52.9 Å². The van der Waals surface area contributed by atoms with Crippen LogP contribution in [0.5, 0.6) is 0 Å². The number of rotatable bonds is 3. The highest BCUT2D eigenvalue weighted by molar-refractivity contribution is 5.95. The van der Waals surface area contributed by atoms with Gasteiger partial charge in [0, 0.05) is 6.04 Å². The highest BCUT2D eigenvalue weighted by Crippen LogP contribution is 2.41. The van der Waals surface area contributed by atoms with Gasteiger partial charge in [0.05, 0.1) is 6.54 Å². The maximum absolute atomic E-state index is 12.4. The first-order valence-corrected chi connectivity index (χ1v) is 7.05. The molecule has 1 saturated heterocycles. The van der Waals surface area contributed by atoms with Crippen LogP contribution in [0.25, 0.3) is 0 Å². The summed E-state index contributed by atoms with van der Waals surface area (Å²) in [5.41, 5.74) is 0.143. The van der Waals surface area contributed by atoms with Crippen LogP contribution in [0.2, 0.25) is 0 Å². The molecule has 2 fully saturated rings. The van der Waals surface area contributed by atoms with E-state index < -0.39 is 0 Å². The van der Waals surface area contributed by atoms with Gasteiger partial charge in [0.15, 0.2) is 0 Å². The zero-order valence-electron chi connectivity index (χ0n) is 11.7. The second-order valence-electron chi connectivity index (χ2n) is 6.27. The van der Waals surface area contributed by atoms with Gasteiger partial charge in [-0.2, -0.15) is 0 Å². The summed E-state index contributed by atoms with van der Waals surface area (Å²) >= 11 is 0. The Labute approximate surface area is 109 Å². The lowest BCUT2D eigenvalue weighted by molar-refractivity contribution is -0.148. The second-order valence-corrected chi connectivity index (χ2v) is 6.27. The smallest absolute Gasteiger partial charge is 0.245 e. The van der Waals surface area contributed by atoms with E-state index in [0.717, 1.165) is 32.1 Å². The SMILES string of the molecule is CCCC1NC(=O)CN(C2CCCC2(C)C)C1=O. The van der Waals surface area contributed by atoms with Crippen molar-refractivity contribution >= 4 is 11.8 Å². The van der Waals surface area contributed by atoms with E-state index in [4.69, 9.17) is 0 Å². The van der Waals surface area contributed by atoms with Gasteiger partial charge in [0.25, 0.3) is 0 Å². The molecule has 0 aromatic carbocycles. The molecule has 102 valence electrons. The lowest BCUT2D eigenvalue weighted by atomic mass is 9.85. The molecule has 2 aliphatic rings. The molecule has 1 aliphatic heterocycles. The van der Waals surface area contributed by atoms with E-state index in [0.29, 0.717) is 0 Å². The zero-order valence-corrected chi connectivity index (χ0v) is 11.7. The van der Waals surface area contributed by atoms with Gasteiger partial charge in [-0.05, 0) is 24.7 Å². The Morgan fingerprint density at radius 2 is 2.11 bits per heavy atom. The minimum absolute atomic E-state index is 0.00394. The summed E-state index contributed by atoms with van der Waals surface area (Å²) in [6, 6.07) is -0.0666. The summed E-state index contributed by atoms with van der Waals surface area (Å²) in [4.78, 5) is 26.1. The molecule has 2 unspecified atom stereocenters. The number of carbonyl (C=O) groups excluding carboxylic acids is 2. The number of amides is 2. The standard InChI is InChI=1S/C14H24N2O2/c1-4-6-10-13(18)16(9-12(17)15-10)11-7-5-8-14(11,2)3/h10-11H,4-9H2,1-3H3,(H,15,17). The third kappa shape index (κ3) is 2.38. The minimum Gasteiger partial charge on any atom is -0.343 e.